The van der Waals surface area contributed by atoms with E-state index >= 15 is 0 Å². The fourth-order valence-corrected chi connectivity index (χ4v) is 4.38. The summed E-state index contributed by atoms with van der Waals surface area (Å²) in [6.07, 6.45) is 3.12. The number of hydrogen-bond donors (Lipinski definition) is 1. The number of benzene rings is 2. The fourth-order valence-electron chi connectivity index (χ4n) is 4.38. The number of nitrogens with zero attached hydrogens (tertiary/aromatic N) is 1. The Morgan fingerprint density at radius 2 is 1.65 bits per heavy atom. The summed E-state index contributed by atoms with van der Waals surface area (Å²) in [6, 6.07) is 16.4. The summed E-state index contributed by atoms with van der Waals surface area (Å²) in [5.41, 5.74) is 4.91. The molecule has 4 rings (SSSR count). The van der Waals surface area contributed by atoms with Crippen LogP contribution in [0.15, 0.2) is 48.5 Å². The number of carbonyl (C=O) groups is 2. The van der Waals surface area contributed by atoms with E-state index in [0.29, 0.717) is 13.0 Å². The van der Waals surface area contributed by atoms with Crippen LogP contribution in [0.1, 0.15) is 54.1 Å². The molecule has 4 nitrogen and oxygen atoms in total. The van der Waals surface area contributed by atoms with E-state index in [1.807, 2.05) is 35.2 Å². The van der Waals surface area contributed by atoms with Crippen molar-refractivity contribution in [1.29, 1.82) is 0 Å². The van der Waals surface area contributed by atoms with E-state index in [1.165, 1.54) is 16.7 Å². The molecular weight excluding hydrogens is 324 g/mol. The van der Waals surface area contributed by atoms with Crippen LogP contribution >= 0.6 is 0 Å². The summed E-state index contributed by atoms with van der Waals surface area (Å²) in [7, 11) is 0. The normalized spacial score (nSPS) is 21.0. The highest BCUT2D eigenvalue weighted by Crippen LogP contribution is 2.34. The Labute approximate surface area is 154 Å². The Hall–Kier alpha value is -2.62. The Morgan fingerprint density at radius 3 is 2.38 bits per heavy atom. The Balaban J connectivity index is 1.52. The number of nitrogens with one attached hydrogen (secondary N) is 1. The van der Waals surface area contributed by atoms with Crippen molar-refractivity contribution in [2.24, 2.45) is 0 Å². The van der Waals surface area contributed by atoms with Crippen LogP contribution in [0.25, 0.3) is 0 Å². The summed E-state index contributed by atoms with van der Waals surface area (Å²) in [4.78, 5) is 26.7. The molecular formula is C22H24N2O2. The van der Waals surface area contributed by atoms with Gasteiger partial charge >= 0.3 is 0 Å². The van der Waals surface area contributed by atoms with Crippen LogP contribution in [0, 0.1) is 0 Å². The van der Waals surface area contributed by atoms with Gasteiger partial charge in [-0.25, -0.2) is 0 Å². The molecule has 0 unspecified atom stereocenters. The molecule has 1 N–H and O–H groups in total. The first kappa shape index (κ1) is 16.8. The molecule has 1 heterocycles. The second kappa shape index (κ2) is 6.94. The molecule has 0 saturated carbocycles. The predicted molar refractivity (Wildman–Crippen MR) is 101 cm³/mol. The van der Waals surface area contributed by atoms with Gasteiger partial charge in [-0.1, -0.05) is 48.5 Å². The van der Waals surface area contributed by atoms with Crippen molar-refractivity contribution in [3.63, 3.8) is 0 Å². The molecule has 134 valence electrons. The third-order valence-corrected chi connectivity index (χ3v) is 5.66. The summed E-state index contributed by atoms with van der Waals surface area (Å²) in [5.74, 6) is 0.0446. The lowest BCUT2D eigenvalue weighted by Gasteiger charge is -2.36. The maximum Gasteiger partial charge on any atom is 0.222 e. The summed E-state index contributed by atoms with van der Waals surface area (Å²) >= 11 is 0. The van der Waals surface area contributed by atoms with Crippen LogP contribution in [0.4, 0.5) is 0 Å². The van der Waals surface area contributed by atoms with Crippen LogP contribution in [-0.2, 0) is 22.4 Å². The molecule has 4 heteroatoms. The number of aryl methyl sites for hydroxylation is 1. The first-order valence-electron chi connectivity index (χ1n) is 9.35. The monoisotopic (exact) mass is 348 g/mol. The van der Waals surface area contributed by atoms with Gasteiger partial charge < -0.3 is 10.2 Å². The highest BCUT2D eigenvalue weighted by molar-refractivity contribution is 5.80. The molecule has 2 aromatic carbocycles. The second-order valence-corrected chi connectivity index (χ2v) is 7.24. The van der Waals surface area contributed by atoms with Crippen LogP contribution in [0.3, 0.4) is 0 Å². The van der Waals surface area contributed by atoms with Crippen molar-refractivity contribution in [2.75, 3.05) is 6.54 Å². The zero-order chi connectivity index (χ0) is 18.1. The Bertz CT molecular complexity index is 846. The molecule has 2 amide bonds. The molecule has 0 fully saturated rings. The predicted octanol–water partition coefficient (Wildman–Crippen LogP) is 3.33. The van der Waals surface area contributed by atoms with E-state index in [0.717, 1.165) is 24.8 Å². The maximum absolute atomic E-state index is 12.8. The molecule has 1 aliphatic carbocycles. The zero-order valence-electron chi connectivity index (χ0n) is 15.1. The van der Waals surface area contributed by atoms with Gasteiger partial charge in [0.05, 0.1) is 18.5 Å². The number of rotatable bonds is 3. The van der Waals surface area contributed by atoms with Crippen molar-refractivity contribution in [3.05, 3.63) is 70.8 Å². The molecule has 2 aliphatic rings. The lowest BCUT2D eigenvalue weighted by molar-refractivity contribution is -0.133. The van der Waals surface area contributed by atoms with Gasteiger partial charge in [0.2, 0.25) is 11.8 Å². The standard InChI is InChI=1S/C22H24N2O2/c1-15(25)24-13-12-17-7-3-5-9-19(17)21(24)14-22(26)23-20-11-10-16-6-2-4-8-18(16)20/h2-9,20-21H,10-14H2,1H3,(H,23,26)/t20-,21-/m0/s1. The minimum Gasteiger partial charge on any atom is -0.349 e. The smallest absolute Gasteiger partial charge is 0.222 e. The van der Waals surface area contributed by atoms with Crippen LogP contribution in [-0.4, -0.2) is 23.3 Å². The van der Waals surface area contributed by atoms with Gasteiger partial charge in [-0.05, 0) is 41.5 Å². The van der Waals surface area contributed by atoms with Crippen molar-refractivity contribution in [1.82, 2.24) is 10.2 Å². The zero-order valence-corrected chi connectivity index (χ0v) is 15.1. The summed E-state index contributed by atoms with van der Waals surface area (Å²) in [5, 5.41) is 3.20. The van der Waals surface area contributed by atoms with Crippen LogP contribution in [0.5, 0.6) is 0 Å². The van der Waals surface area contributed by atoms with Gasteiger partial charge in [-0.15, -0.1) is 0 Å². The lowest BCUT2D eigenvalue weighted by atomic mass is 9.90. The largest absolute Gasteiger partial charge is 0.349 e. The highest BCUT2D eigenvalue weighted by Gasteiger charge is 2.32. The van der Waals surface area contributed by atoms with Gasteiger partial charge in [0.25, 0.3) is 0 Å². The first-order valence-corrected chi connectivity index (χ1v) is 9.35. The van der Waals surface area contributed by atoms with E-state index in [9.17, 15) is 9.59 Å². The molecule has 26 heavy (non-hydrogen) atoms. The number of hydrogen-bond acceptors (Lipinski definition) is 2. The SMILES string of the molecule is CC(=O)N1CCc2ccccc2[C@@H]1CC(=O)N[C@H]1CCc2ccccc21. The van der Waals surface area contributed by atoms with Gasteiger partial charge in [-0.3, -0.25) is 9.59 Å². The molecule has 1 aliphatic heterocycles. The summed E-state index contributed by atoms with van der Waals surface area (Å²) in [6.45, 7) is 2.27. The van der Waals surface area contributed by atoms with E-state index in [4.69, 9.17) is 0 Å². The molecule has 2 atom stereocenters. The quantitative estimate of drug-likeness (QED) is 0.925. The average molecular weight is 348 g/mol. The van der Waals surface area contributed by atoms with Gasteiger partial charge in [0.1, 0.15) is 0 Å². The summed E-state index contributed by atoms with van der Waals surface area (Å²) < 4.78 is 0. The minimum atomic E-state index is -0.172. The van der Waals surface area contributed by atoms with Crippen molar-refractivity contribution in [2.45, 2.75) is 44.7 Å². The van der Waals surface area contributed by atoms with E-state index < -0.39 is 0 Å². The van der Waals surface area contributed by atoms with Gasteiger partial charge in [-0.2, -0.15) is 0 Å². The average Bonchev–Trinajstić information content (AvgIpc) is 3.04. The van der Waals surface area contributed by atoms with Crippen LogP contribution in [0.2, 0.25) is 0 Å². The molecule has 0 spiro atoms. The fraction of sp³-hybridized carbons (Fsp3) is 0.364. The number of amides is 2. The van der Waals surface area contributed by atoms with E-state index in [1.54, 1.807) is 6.92 Å². The highest BCUT2D eigenvalue weighted by atomic mass is 16.2. The molecule has 0 bridgehead atoms. The van der Waals surface area contributed by atoms with Gasteiger partial charge in [0, 0.05) is 13.5 Å². The third kappa shape index (κ3) is 3.12. The Morgan fingerprint density at radius 1 is 1.00 bits per heavy atom. The maximum atomic E-state index is 12.8. The third-order valence-electron chi connectivity index (χ3n) is 5.66. The number of carbonyl (C=O) groups excluding carboxylic acids is 2. The van der Waals surface area contributed by atoms with E-state index in [-0.39, 0.29) is 23.9 Å². The molecule has 0 radical (unpaired) electrons. The Kier molecular flexibility index (Phi) is 4.49. The van der Waals surface area contributed by atoms with Crippen molar-refractivity contribution < 1.29 is 9.59 Å². The second-order valence-electron chi connectivity index (χ2n) is 7.24. The minimum absolute atomic E-state index is 0.0136. The van der Waals surface area contributed by atoms with Crippen molar-refractivity contribution >= 4 is 11.8 Å². The van der Waals surface area contributed by atoms with Gasteiger partial charge in [0.15, 0.2) is 0 Å². The van der Waals surface area contributed by atoms with Crippen molar-refractivity contribution in [3.8, 4) is 0 Å². The number of fused-ring (bicyclic) bond motifs is 2. The lowest BCUT2D eigenvalue weighted by Crippen LogP contribution is -2.41. The van der Waals surface area contributed by atoms with E-state index in [2.05, 4.69) is 23.5 Å². The van der Waals surface area contributed by atoms with Crippen LogP contribution < -0.4 is 5.32 Å². The first-order chi connectivity index (χ1) is 12.6. The molecule has 0 saturated heterocycles. The molecule has 2 aromatic rings. The molecule has 0 aromatic heterocycles. The topological polar surface area (TPSA) is 49.4 Å².